The Bertz CT molecular complexity index is 393. The largest absolute Gasteiger partial charge is 0.325 e. The molecule has 4 heteroatoms. The molecule has 0 aromatic heterocycles. The fourth-order valence-electron chi connectivity index (χ4n) is 4.06. The van der Waals surface area contributed by atoms with Gasteiger partial charge in [0.15, 0.2) is 0 Å². The lowest BCUT2D eigenvalue weighted by Gasteiger charge is -2.45. The van der Waals surface area contributed by atoms with Crippen LogP contribution in [0.15, 0.2) is 0 Å². The molecule has 0 amide bonds. The van der Waals surface area contributed by atoms with Crippen LogP contribution in [-0.4, -0.2) is 25.5 Å². The van der Waals surface area contributed by atoms with Crippen LogP contribution in [0.25, 0.3) is 0 Å². The summed E-state index contributed by atoms with van der Waals surface area (Å²) < 4.78 is 23.5. The summed E-state index contributed by atoms with van der Waals surface area (Å²) in [6, 6.07) is 0. The lowest BCUT2D eigenvalue weighted by molar-refractivity contribution is 0.129. The van der Waals surface area contributed by atoms with Gasteiger partial charge in [0.05, 0.1) is 5.25 Å². The molecule has 4 unspecified atom stereocenters. The van der Waals surface area contributed by atoms with Gasteiger partial charge in [0.1, 0.15) is 9.84 Å². The van der Waals surface area contributed by atoms with Gasteiger partial charge in [-0.1, -0.05) is 26.2 Å². The van der Waals surface area contributed by atoms with Crippen LogP contribution >= 0.6 is 0 Å². The molecule has 3 nitrogen and oxygen atoms in total. The summed E-state index contributed by atoms with van der Waals surface area (Å²) in [7, 11) is -2.89. The maximum atomic E-state index is 11.7. The number of rotatable bonds is 2. The predicted octanol–water partition coefficient (Wildman–Crippen LogP) is 2.50. The number of hydrogen-bond donors (Lipinski definition) is 1. The Morgan fingerprint density at radius 2 is 1.89 bits per heavy atom. The highest BCUT2D eigenvalue weighted by Gasteiger charge is 2.42. The fourth-order valence-corrected chi connectivity index (χ4v) is 5.24. The topological polar surface area (TPSA) is 60.2 Å². The molecule has 4 atom stereocenters. The van der Waals surface area contributed by atoms with Gasteiger partial charge in [-0.2, -0.15) is 0 Å². The lowest BCUT2D eigenvalue weighted by atomic mass is 9.65. The average molecular weight is 273 g/mol. The molecule has 0 radical (unpaired) electrons. The van der Waals surface area contributed by atoms with E-state index in [-0.39, 0.29) is 10.8 Å². The minimum Gasteiger partial charge on any atom is -0.325 e. The second-order valence-corrected chi connectivity index (χ2v) is 9.08. The van der Waals surface area contributed by atoms with Crippen molar-refractivity contribution in [1.29, 1.82) is 0 Å². The third-order valence-corrected chi connectivity index (χ3v) is 6.75. The normalized spacial score (nSPS) is 42.7. The molecule has 106 valence electrons. The third-order valence-electron chi connectivity index (χ3n) is 5.11. The van der Waals surface area contributed by atoms with Crippen LogP contribution in [0.5, 0.6) is 0 Å². The Balaban J connectivity index is 2.08. The van der Waals surface area contributed by atoms with Crippen LogP contribution in [0.2, 0.25) is 0 Å². The minimum atomic E-state index is -2.89. The van der Waals surface area contributed by atoms with E-state index in [4.69, 9.17) is 5.73 Å². The van der Waals surface area contributed by atoms with Gasteiger partial charge in [-0.25, -0.2) is 8.42 Å². The van der Waals surface area contributed by atoms with Gasteiger partial charge in [-0.15, -0.1) is 0 Å². The predicted molar refractivity (Wildman–Crippen MR) is 75.1 cm³/mol. The first-order chi connectivity index (χ1) is 8.31. The van der Waals surface area contributed by atoms with Gasteiger partial charge in [0.25, 0.3) is 0 Å². The second kappa shape index (κ2) is 5.12. The molecule has 18 heavy (non-hydrogen) atoms. The van der Waals surface area contributed by atoms with Gasteiger partial charge in [0.2, 0.25) is 0 Å². The third kappa shape index (κ3) is 3.08. The Morgan fingerprint density at radius 3 is 2.50 bits per heavy atom. The quantitative estimate of drug-likeness (QED) is 0.841. The zero-order valence-electron chi connectivity index (χ0n) is 11.7. The summed E-state index contributed by atoms with van der Waals surface area (Å²) in [6.45, 7) is 2.28. The Morgan fingerprint density at radius 1 is 1.17 bits per heavy atom. The van der Waals surface area contributed by atoms with Gasteiger partial charge < -0.3 is 5.73 Å². The van der Waals surface area contributed by atoms with Crippen molar-refractivity contribution in [3.8, 4) is 0 Å². The molecule has 2 rings (SSSR count). The van der Waals surface area contributed by atoms with E-state index in [9.17, 15) is 8.42 Å². The zero-order valence-corrected chi connectivity index (χ0v) is 12.5. The van der Waals surface area contributed by atoms with E-state index < -0.39 is 9.84 Å². The van der Waals surface area contributed by atoms with Gasteiger partial charge in [-0.05, 0) is 43.9 Å². The van der Waals surface area contributed by atoms with Gasteiger partial charge in [0, 0.05) is 11.8 Å². The molecule has 0 aromatic carbocycles. The van der Waals surface area contributed by atoms with Crippen LogP contribution in [0, 0.1) is 11.8 Å². The van der Waals surface area contributed by atoms with E-state index >= 15 is 0 Å². The number of sulfone groups is 1. The molecule has 0 heterocycles. The summed E-state index contributed by atoms with van der Waals surface area (Å²) in [5.41, 5.74) is 6.54. The van der Waals surface area contributed by atoms with E-state index in [0.29, 0.717) is 11.8 Å². The van der Waals surface area contributed by atoms with Crippen LogP contribution in [0.4, 0.5) is 0 Å². The first-order valence-electron chi connectivity index (χ1n) is 7.29. The molecular weight excluding hydrogens is 246 g/mol. The van der Waals surface area contributed by atoms with Crippen molar-refractivity contribution >= 4 is 9.84 Å². The van der Waals surface area contributed by atoms with Crippen molar-refractivity contribution in [1.82, 2.24) is 0 Å². The first kappa shape index (κ1) is 14.3. The summed E-state index contributed by atoms with van der Waals surface area (Å²) >= 11 is 0. The highest BCUT2D eigenvalue weighted by Crippen LogP contribution is 2.42. The second-order valence-electron chi connectivity index (χ2n) is 6.75. The highest BCUT2D eigenvalue weighted by atomic mass is 32.2. The average Bonchev–Trinajstić information content (AvgIpc) is 2.28. The van der Waals surface area contributed by atoms with E-state index in [0.717, 1.165) is 38.5 Å². The Labute approximate surface area is 111 Å². The van der Waals surface area contributed by atoms with Crippen molar-refractivity contribution < 1.29 is 8.42 Å². The monoisotopic (exact) mass is 273 g/mol. The molecule has 0 saturated heterocycles. The molecule has 0 bridgehead atoms. The molecule has 2 N–H and O–H groups in total. The molecule has 2 saturated carbocycles. The first-order valence-corrected chi connectivity index (χ1v) is 9.24. The van der Waals surface area contributed by atoms with E-state index in [1.807, 2.05) is 0 Å². The summed E-state index contributed by atoms with van der Waals surface area (Å²) in [4.78, 5) is 0. The van der Waals surface area contributed by atoms with Crippen LogP contribution in [0.3, 0.4) is 0 Å². The minimum absolute atomic E-state index is 0.0962. The van der Waals surface area contributed by atoms with E-state index in [2.05, 4.69) is 6.92 Å². The standard InChI is InChI=1S/C14H27NO2S/c1-11-5-4-8-14(15,10-11)12-6-3-7-13(9-12)18(2,16)17/h11-13H,3-10,15H2,1-2H3. The molecule has 2 aliphatic carbocycles. The molecule has 2 fully saturated rings. The van der Waals surface area contributed by atoms with Crippen molar-refractivity contribution in [2.24, 2.45) is 17.6 Å². The van der Waals surface area contributed by atoms with Crippen molar-refractivity contribution in [2.75, 3.05) is 6.26 Å². The summed E-state index contributed by atoms with van der Waals surface area (Å²) in [6.07, 6.45) is 9.80. The van der Waals surface area contributed by atoms with E-state index in [1.54, 1.807) is 0 Å². The number of nitrogens with two attached hydrogens (primary N) is 1. The highest BCUT2D eigenvalue weighted by molar-refractivity contribution is 7.91. The van der Waals surface area contributed by atoms with Crippen molar-refractivity contribution in [3.05, 3.63) is 0 Å². The molecular formula is C14H27NO2S. The summed E-state index contributed by atoms with van der Waals surface area (Å²) in [5, 5.41) is -0.145. The molecule has 2 aliphatic rings. The van der Waals surface area contributed by atoms with Crippen molar-refractivity contribution in [3.63, 3.8) is 0 Å². The smallest absolute Gasteiger partial charge is 0.150 e. The van der Waals surface area contributed by atoms with Gasteiger partial charge in [-0.3, -0.25) is 0 Å². The molecule has 0 aliphatic heterocycles. The number of hydrogen-bond acceptors (Lipinski definition) is 3. The van der Waals surface area contributed by atoms with Crippen LogP contribution in [-0.2, 0) is 9.84 Å². The lowest BCUT2D eigenvalue weighted by Crippen LogP contribution is -2.52. The van der Waals surface area contributed by atoms with Crippen LogP contribution in [0.1, 0.15) is 58.3 Å². The van der Waals surface area contributed by atoms with Crippen molar-refractivity contribution in [2.45, 2.75) is 69.1 Å². The Kier molecular flexibility index (Phi) is 4.07. The Hall–Kier alpha value is -0.0900. The molecule has 0 spiro atoms. The van der Waals surface area contributed by atoms with E-state index in [1.165, 1.54) is 19.1 Å². The molecule has 0 aromatic rings. The zero-order chi connectivity index (χ0) is 13.4. The maximum Gasteiger partial charge on any atom is 0.150 e. The SMILES string of the molecule is CC1CCCC(N)(C2CCCC(S(C)(=O)=O)C2)C1. The van der Waals surface area contributed by atoms with Gasteiger partial charge >= 0.3 is 0 Å². The maximum absolute atomic E-state index is 11.7. The summed E-state index contributed by atoms with van der Waals surface area (Å²) in [5.74, 6) is 1.11. The van der Waals surface area contributed by atoms with Crippen LogP contribution < -0.4 is 5.73 Å². The fraction of sp³-hybridized carbons (Fsp3) is 1.00.